The minimum absolute atomic E-state index is 0.0426. The summed E-state index contributed by atoms with van der Waals surface area (Å²) >= 11 is 5.84. The van der Waals surface area contributed by atoms with Gasteiger partial charge in [-0.1, -0.05) is 22.8 Å². The number of rotatable bonds is 5. The van der Waals surface area contributed by atoms with Gasteiger partial charge in [0.25, 0.3) is 5.89 Å². The first kappa shape index (κ1) is 15.9. The average Bonchev–Trinajstić information content (AvgIpc) is 3.05. The minimum atomic E-state index is -0.199. The Morgan fingerprint density at radius 1 is 1.21 bits per heavy atom. The Balaban J connectivity index is 1.77. The van der Waals surface area contributed by atoms with Crippen LogP contribution >= 0.6 is 11.6 Å². The Morgan fingerprint density at radius 2 is 2.00 bits per heavy atom. The SMILES string of the molecule is CNC(=O)Cc1noc(-c2cccc(Oc3ccc(Cl)cc3)n2)n1. The van der Waals surface area contributed by atoms with Crippen molar-refractivity contribution >= 4 is 17.5 Å². The van der Waals surface area contributed by atoms with Gasteiger partial charge in [-0.3, -0.25) is 4.79 Å². The lowest BCUT2D eigenvalue weighted by atomic mass is 10.3. The lowest BCUT2D eigenvalue weighted by Crippen LogP contribution is -2.20. The fourth-order valence-corrected chi connectivity index (χ4v) is 2.00. The summed E-state index contributed by atoms with van der Waals surface area (Å²) in [5.74, 6) is 1.29. The number of ether oxygens (including phenoxy) is 1. The molecule has 0 spiro atoms. The van der Waals surface area contributed by atoms with Gasteiger partial charge in [-0.25, -0.2) is 4.98 Å². The van der Waals surface area contributed by atoms with Crippen molar-refractivity contribution in [3.8, 4) is 23.2 Å². The molecule has 0 radical (unpaired) electrons. The van der Waals surface area contributed by atoms with Gasteiger partial charge in [-0.05, 0) is 30.3 Å². The highest BCUT2D eigenvalue weighted by Crippen LogP contribution is 2.24. The zero-order chi connectivity index (χ0) is 16.9. The van der Waals surface area contributed by atoms with Gasteiger partial charge in [0.15, 0.2) is 5.82 Å². The van der Waals surface area contributed by atoms with Gasteiger partial charge < -0.3 is 14.6 Å². The number of benzene rings is 1. The van der Waals surface area contributed by atoms with Crippen LogP contribution in [-0.2, 0) is 11.2 Å². The van der Waals surface area contributed by atoms with Crippen LogP contribution in [-0.4, -0.2) is 28.1 Å². The van der Waals surface area contributed by atoms with E-state index in [2.05, 4.69) is 20.4 Å². The number of hydrogen-bond donors (Lipinski definition) is 1. The molecule has 1 N–H and O–H groups in total. The molecule has 0 aliphatic carbocycles. The van der Waals surface area contributed by atoms with Crippen LogP contribution in [0.15, 0.2) is 47.0 Å². The normalized spacial score (nSPS) is 10.4. The molecule has 0 saturated heterocycles. The third-order valence-corrected chi connectivity index (χ3v) is 3.30. The van der Waals surface area contributed by atoms with Crippen LogP contribution in [0.2, 0.25) is 5.02 Å². The first-order valence-electron chi connectivity index (χ1n) is 7.08. The van der Waals surface area contributed by atoms with Crippen LogP contribution < -0.4 is 10.1 Å². The standard InChI is InChI=1S/C16H13ClN4O3/c1-18-14(22)9-13-20-16(24-21-13)12-3-2-4-15(19-12)23-11-7-5-10(17)6-8-11/h2-8H,9H2,1H3,(H,18,22). The average molecular weight is 345 g/mol. The molecular formula is C16H13ClN4O3. The van der Waals surface area contributed by atoms with Crippen molar-refractivity contribution in [2.75, 3.05) is 7.05 Å². The highest BCUT2D eigenvalue weighted by molar-refractivity contribution is 6.30. The van der Waals surface area contributed by atoms with Crippen LogP contribution in [0.5, 0.6) is 11.6 Å². The van der Waals surface area contributed by atoms with Gasteiger partial charge in [0, 0.05) is 18.1 Å². The van der Waals surface area contributed by atoms with E-state index in [1.807, 2.05) is 0 Å². The molecule has 8 heteroatoms. The lowest BCUT2D eigenvalue weighted by Gasteiger charge is -2.05. The maximum atomic E-state index is 11.3. The monoisotopic (exact) mass is 344 g/mol. The van der Waals surface area contributed by atoms with E-state index in [1.165, 1.54) is 0 Å². The van der Waals surface area contributed by atoms with Crippen molar-refractivity contribution in [2.45, 2.75) is 6.42 Å². The molecule has 7 nitrogen and oxygen atoms in total. The summed E-state index contributed by atoms with van der Waals surface area (Å²) in [6, 6.07) is 12.1. The van der Waals surface area contributed by atoms with Crippen LogP contribution in [0, 0.1) is 0 Å². The fourth-order valence-electron chi connectivity index (χ4n) is 1.88. The Morgan fingerprint density at radius 3 is 2.75 bits per heavy atom. The molecule has 3 aromatic rings. The molecule has 0 fully saturated rings. The van der Waals surface area contributed by atoms with Crippen LogP contribution in [0.1, 0.15) is 5.82 Å². The van der Waals surface area contributed by atoms with Crippen molar-refractivity contribution in [1.29, 1.82) is 0 Å². The van der Waals surface area contributed by atoms with E-state index in [1.54, 1.807) is 49.5 Å². The third kappa shape index (κ3) is 3.88. The summed E-state index contributed by atoms with van der Waals surface area (Å²) in [7, 11) is 1.54. The second-order valence-electron chi connectivity index (χ2n) is 4.78. The van der Waals surface area contributed by atoms with Gasteiger partial charge in [-0.2, -0.15) is 4.98 Å². The molecular weight excluding hydrogens is 332 g/mol. The van der Waals surface area contributed by atoms with E-state index in [-0.39, 0.29) is 24.0 Å². The number of pyridine rings is 1. The Hall–Kier alpha value is -2.93. The molecule has 1 aromatic carbocycles. The summed E-state index contributed by atoms with van der Waals surface area (Å²) in [6.07, 6.45) is 0.0426. The molecule has 0 unspecified atom stereocenters. The molecule has 0 saturated carbocycles. The number of aromatic nitrogens is 3. The zero-order valence-electron chi connectivity index (χ0n) is 12.7. The molecule has 0 atom stereocenters. The maximum absolute atomic E-state index is 11.3. The number of carbonyl (C=O) groups excluding carboxylic acids is 1. The van der Waals surface area contributed by atoms with Crippen molar-refractivity contribution in [3.63, 3.8) is 0 Å². The van der Waals surface area contributed by atoms with Gasteiger partial charge in [0.05, 0.1) is 6.42 Å². The highest BCUT2D eigenvalue weighted by Gasteiger charge is 2.13. The molecule has 0 aliphatic rings. The van der Waals surface area contributed by atoms with Gasteiger partial charge in [0.2, 0.25) is 11.8 Å². The first-order valence-corrected chi connectivity index (χ1v) is 7.46. The van der Waals surface area contributed by atoms with Crippen molar-refractivity contribution < 1.29 is 14.1 Å². The molecule has 2 aromatic heterocycles. The number of hydrogen-bond acceptors (Lipinski definition) is 6. The molecule has 1 amide bonds. The molecule has 0 aliphatic heterocycles. The smallest absolute Gasteiger partial charge is 0.276 e. The first-order chi connectivity index (χ1) is 11.6. The van der Waals surface area contributed by atoms with Crippen LogP contribution in [0.25, 0.3) is 11.6 Å². The Bertz CT molecular complexity index is 849. The second-order valence-corrected chi connectivity index (χ2v) is 5.22. The topological polar surface area (TPSA) is 90.1 Å². The number of nitrogens with zero attached hydrogens (tertiary/aromatic N) is 3. The van der Waals surface area contributed by atoms with E-state index in [9.17, 15) is 4.79 Å². The van der Waals surface area contributed by atoms with Crippen molar-refractivity contribution in [2.24, 2.45) is 0 Å². The van der Waals surface area contributed by atoms with Crippen LogP contribution in [0.4, 0.5) is 0 Å². The quantitative estimate of drug-likeness (QED) is 0.765. The molecule has 122 valence electrons. The molecule has 24 heavy (non-hydrogen) atoms. The predicted octanol–water partition coefficient (Wildman–Crippen LogP) is 2.87. The number of nitrogens with one attached hydrogen (secondary N) is 1. The minimum Gasteiger partial charge on any atom is -0.439 e. The van der Waals surface area contributed by atoms with E-state index < -0.39 is 0 Å². The van der Waals surface area contributed by atoms with E-state index in [0.29, 0.717) is 22.3 Å². The van der Waals surface area contributed by atoms with Gasteiger partial charge in [-0.15, -0.1) is 0 Å². The number of likely N-dealkylation sites (N-methyl/N-ethyl adjacent to an activating group) is 1. The molecule has 2 heterocycles. The highest BCUT2D eigenvalue weighted by atomic mass is 35.5. The van der Waals surface area contributed by atoms with E-state index >= 15 is 0 Å². The maximum Gasteiger partial charge on any atom is 0.276 e. The van der Waals surface area contributed by atoms with Gasteiger partial charge >= 0.3 is 0 Å². The fraction of sp³-hybridized carbons (Fsp3) is 0.125. The largest absolute Gasteiger partial charge is 0.439 e. The number of halogens is 1. The second kappa shape index (κ2) is 7.10. The molecule has 0 bridgehead atoms. The van der Waals surface area contributed by atoms with Crippen molar-refractivity contribution in [1.82, 2.24) is 20.4 Å². The Kier molecular flexibility index (Phi) is 4.72. The third-order valence-electron chi connectivity index (χ3n) is 3.04. The zero-order valence-corrected chi connectivity index (χ0v) is 13.4. The summed E-state index contributed by atoms with van der Waals surface area (Å²) in [4.78, 5) is 19.8. The number of carbonyl (C=O) groups is 1. The van der Waals surface area contributed by atoms with E-state index in [4.69, 9.17) is 20.9 Å². The summed E-state index contributed by atoms with van der Waals surface area (Å²) < 4.78 is 10.8. The summed E-state index contributed by atoms with van der Waals surface area (Å²) in [5.41, 5.74) is 0.456. The summed E-state index contributed by atoms with van der Waals surface area (Å²) in [6.45, 7) is 0. The number of amides is 1. The molecule has 3 rings (SSSR count). The summed E-state index contributed by atoms with van der Waals surface area (Å²) in [5, 5.41) is 6.88. The Labute approximate surface area is 142 Å². The van der Waals surface area contributed by atoms with Gasteiger partial charge in [0.1, 0.15) is 11.4 Å². The van der Waals surface area contributed by atoms with Crippen molar-refractivity contribution in [3.05, 3.63) is 53.3 Å². The van der Waals surface area contributed by atoms with E-state index in [0.717, 1.165) is 0 Å². The lowest BCUT2D eigenvalue weighted by molar-refractivity contribution is -0.120. The predicted molar refractivity (Wildman–Crippen MR) is 86.8 cm³/mol. The van der Waals surface area contributed by atoms with Crippen LogP contribution in [0.3, 0.4) is 0 Å².